The van der Waals surface area contributed by atoms with E-state index < -0.39 is 29.6 Å². The quantitative estimate of drug-likeness (QED) is 0.780. The topological polar surface area (TPSA) is 88.2 Å². The molecule has 1 amide bonds. The van der Waals surface area contributed by atoms with E-state index >= 15 is 0 Å². The summed E-state index contributed by atoms with van der Waals surface area (Å²) in [4.78, 5) is 13.9. The molecule has 2 rings (SSSR count). The SMILES string of the molecule is O=C(NC(CF)C(O)c1ccc(-c2ncon2)cc1)C(Cl)Cl. The first-order valence-electron chi connectivity index (χ1n) is 6.22. The molecule has 1 aromatic carbocycles. The molecule has 0 saturated heterocycles. The lowest BCUT2D eigenvalue weighted by molar-refractivity contribution is -0.121. The third kappa shape index (κ3) is 3.94. The lowest BCUT2D eigenvalue weighted by atomic mass is 10.0. The van der Waals surface area contributed by atoms with Crippen molar-refractivity contribution in [2.45, 2.75) is 17.0 Å². The van der Waals surface area contributed by atoms with E-state index in [-0.39, 0.29) is 0 Å². The van der Waals surface area contributed by atoms with Gasteiger partial charge >= 0.3 is 0 Å². The Bertz CT molecular complexity index is 608. The number of carbonyl (C=O) groups is 1. The fourth-order valence-electron chi connectivity index (χ4n) is 1.81. The molecule has 22 heavy (non-hydrogen) atoms. The first-order chi connectivity index (χ1) is 10.5. The van der Waals surface area contributed by atoms with Crippen LogP contribution >= 0.6 is 23.2 Å². The van der Waals surface area contributed by atoms with Crippen LogP contribution in [-0.2, 0) is 4.79 Å². The molecule has 0 aliphatic heterocycles. The number of aliphatic hydroxyl groups excluding tert-OH is 1. The number of nitrogens with zero attached hydrogens (tertiary/aromatic N) is 2. The Hall–Kier alpha value is -1.70. The second kappa shape index (κ2) is 7.53. The number of alkyl halides is 3. The fraction of sp³-hybridized carbons (Fsp3) is 0.308. The molecule has 2 aromatic rings. The zero-order valence-corrected chi connectivity index (χ0v) is 12.6. The van der Waals surface area contributed by atoms with Gasteiger partial charge in [-0.3, -0.25) is 4.79 Å². The number of halogens is 3. The summed E-state index contributed by atoms with van der Waals surface area (Å²) in [7, 11) is 0. The first kappa shape index (κ1) is 16.7. The van der Waals surface area contributed by atoms with Gasteiger partial charge in [-0.05, 0) is 5.56 Å². The molecule has 0 saturated carbocycles. The summed E-state index contributed by atoms with van der Waals surface area (Å²) in [6, 6.07) is 5.29. The third-order valence-corrected chi connectivity index (χ3v) is 3.34. The highest BCUT2D eigenvalue weighted by molar-refractivity contribution is 6.53. The minimum Gasteiger partial charge on any atom is -0.386 e. The Kier molecular flexibility index (Phi) is 5.70. The number of aromatic nitrogens is 2. The number of aliphatic hydroxyl groups is 1. The van der Waals surface area contributed by atoms with Gasteiger partial charge in [-0.1, -0.05) is 52.6 Å². The summed E-state index contributed by atoms with van der Waals surface area (Å²) in [5, 5.41) is 16.1. The molecule has 0 fully saturated rings. The predicted octanol–water partition coefficient (Wildman–Crippen LogP) is 2.03. The summed E-state index contributed by atoms with van der Waals surface area (Å²) < 4.78 is 17.7. The Labute approximate surface area is 135 Å². The lowest BCUT2D eigenvalue weighted by Gasteiger charge is -2.22. The fourth-order valence-corrected chi connectivity index (χ4v) is 1.93. The van der Waals surface area contributed by atoms with Gasteiger partial charge in [-0.2, -0.15) is 4.98 Å². The average molecular weight is 348 g/mol. The lowest BCUT2D eigenvalue weighted by Crippen LogP contribution is -2.43. The number of nitrogens with one attached hydrogen (secondary N) is 1. The van der Waals surface area contributed by atoms with Gasteiger partial charge in [0, 0.05) is 5.56 Å². The molecule has 0 spiro atoms. The van der Waals surface area contributed by atoms with Crippen molar-refractivity contribution >= 4 is 29.1 Å². The maximum Gasteiger partial charge on any atom is 0.253 e. The van der Waals surface area contributed by atoms with Gasteiger partial charge < -0.3 is 14.9 Å². The first-order valence-corrected chi connectivity index (χ1v) is 7.09. The molecule has 0 aliphatic rings. The molecule has 9 heteroatoms. The van der Waals surface area contributed by atoms with E-state index in [1.807, 2.05) is 0 Å². The number of hydrogen-bond donors (Lipinski definition) is 2. The van der Waals surface area contributed by atoms with Crippen molar-refractivity contribution in [2.75, 3.05) is 6.67 Å². The molecule has 2 unspecified atom stereocenters. The van der Waals surface area contributed by atoms with Crippen molar-refractivity contribution in [3.05, 3.63) is 36.2 Å². The minimum absolute atomic E-state index is 0.392. The van der Waals surface area contributed by atoms with Crippen molar-refractivity contribution in [3.8, 4) is 11.4 Å². The molecule has 0 bridgehead atoms. The van der Waals surface area contributed by atoms with Crippen LogP contribution in [0.4, 0.5) is 4.39 Å². The van der Waals surface area contributed by atoms with Crippen LogP contribution in [0.3, 0.4) is 0 Å². The van der Waals surface area contributed by atoms with E-state index in [2.05, 4.69) is 20.0 Å². The summed E-state index contributed by atoms with van der Waals surface area (Å²) in [6.45, 7) is -0.972. The van der Waals surface area contributed by atoms with Crippen molar-refractivity contribution in [1.29, 1.82) is 0 Å². The Morgan fingerprint density at radius 3 is 2.55 bits per heavy atom. The highest BCUT2D eigenvalue weighted by Crippen LogP contribution is 2.22. The highest BCUT2D eigenvalue weighted by Gasteiger charge is 2.25. The summed E-state index contributed by atoms with van der Waals surface area (Å²) in [6.07, 6.45) is -0.0538. The Balaban J connectivity index is 2.10. The van der Waals surface area contributed by atoms with Gasteiger partial charge in [0.05, 0.1) is 6.04 Å². The van der Waals surface area contributed by atoms with Gasteiger partial charge in [-0.25, -0.2) is 4.39 Å². The van der Waals surface area contributed by atoms with Gasteiger partial charge in [0.15, 0.2) is 4.84 Å². The van der Waals surface area contributed by atoms with Crippen LogP contribution in [0.25, 0.3) is 11.4 Å². The monoisotopic (exact) mass is 347 g/mol. The van der Waals surface area contributed by atoms with Crippen molar-refractivity contribution in [3.63, 3.8) is 0 Å². The van der Waals surface area contributed by atoms with E-state index in [0.29, 0.717) is 17.0 Å². The molecule has 6 nitrogen and oxygen atoms in total. The number of benzene rings is 1. The standard InChI is InChI=1S/C13H12Cl2FN3O3/c14-11(15)13(21)18-9(5-16)10(20)7-1-3-8(4-2-7)12-17-6-22-19-12/h1-4,6,9-11,20H,5H2,(H,18,21). The molecule has 0 aliphatic carbocycles. The van der Waals surface area contributed by atoms with E-state index in [1.54, 1.807) is 24.3 Å². The van der Waals surface area contributed by atoms with E-state index in [4.69, 9.17) is 23.2 Å². The molecule has 2 N–H and O–H groups in total. The second-order valence-corrected chi connectivity index (χ2v) is 5.49. The largest absolute Gasteiger partial charge is 0.386 e. The molecule has 1 aromatic heterocycles. The zero-order valence-electron chi connectivity index (χ0n) is 11.1. The normalized spacial score (nSPS) is 13.9. The van der Waals surface area contributed by atoms with Crippen molar-refractivity contribution in [2.24, 2.45) is 0 Å². The molecular weight excluding hydrogens is 336 g/mol. The molecule has 118 valence electrons. The van der Waals surface area contributed by atoms with E-state index in [9.17, 15) is 14.3 Å². The second-order valence-electron chi connectivity index (χ2n) is 4.39. The third-order valence-electron chi connectivity index (χ3n) is 2.94. The minimum atomic E-state index is -1.33. The Morgan fingerprint density at radius 1 is 1.36 bits per heavy atom. The van der Waals surface area contributed by atoms with Gasteiger partial charge in [-0.15, -0.1) is 0 Å². The van der Waals surface area contributed by atoms with Crippen LogP contribution in [0, 0.1) is 0 Å². The zero-order chi connectivity index (χ0) is 16.1. The number of hydrogen-bond acceptors (Lipinski definition) is 5. The van der Waals surface area contributed by atoms with Crippen LogP contribution in [0.15, 0.2) is 35.2 Å². The van der Waals surface area contributed by atoms with Gasteiger partial charge in [0.1, 0.15) is 12.8 Å². The Morgan fingerprint density at radius 2 is 2.05 bits per heavy atom. The number of carbonyl (C=O) groups excluding carboxylic acids is 1. The number of amides is 1. The van der Waals surface area contributed by atoms with Crippen LogP contribution < -0.4 is 5.32 Å². The van der Waals surface area contributed by atoms with Gasteiger partial charge in [0.2, 0.25) is 12.2 Å². The maximum atomic E-state index is 13.0. The summed E-state index contributed by atoms with van der Waals surface area (Å²) in [5.74, 6) is -0.378. The smallest absolute Gasteiger partial charge is 0.253 e. The van der Waals surface area contributed by atoms with Crippen LogP contribution in [0.1, 0.15) is 11.7 Å². The van der Waals surface area contributed by atoms with Crippen molar-refractivity contribution < 1.29 is 18.8 Å². The highest BCUT2D eigenvalue weighted by atomic mass is 35.5. The van der Waals surface area contributed by atoms with Crippen molar-refractivity contribution in [1.82, 2.24) is 15.5 Å². The summed E-state index contributed by atoms with van der Waals surface area (Å²) >= 11 is 10.8. The molecular formula is C13H12Cl2FN3O3. The van der Waals surface area contributed by atoms with Crippen LogP contribution in [0.5, 0.6) is 0 Å². The van der Waals surface area contributed by atoms with Crippen LogP contribution in [0.2, 0.25) is 0 Å². The molecule has 0 radical (unpaired) electrons. The number of rotatable bonds is 6. The van der Waals surface area contributed by atoms with Crippen LogP contribution in [-0.4, -0.2) is 38.7 Å². The van der Waals surface area contributed by atoms with Gasteiger partial charge in [0.25, 0.3) is 5.91 Å². The average Bonchev–Trinajstić information content (AvgIpc) is 3.06. The molecule has 2 atom stereocenters. The van der Waals surface area contributed by atoms with E-state index in [1.165, 1.54) is 6.39 Å². The predicted molar refractivity (Wildman–Crippen MR) is 78.1 cm³/mol. The van der Waals surface area contributed by atoms with E-state index in [0.717, 1.165) is 0 Å². The molecule has 1 heterocycles. The maximum absolute atomic E-state index is 13.0. The summed E-state index contributed by atoms with van der Waals surface area (Å²) in [5.41, 5.74) is 1.09.